The molecule has 7 nitrogen and oxygen atoms in total. The Labute approximate surface area is 213 Å². The molecule has 0 spiro atoms. The van der Waals surface area contributed by atoms with Crippen LogP contribution in [0.25, 0.3) is 22.5 Å². The maximum atomic E-state index is 6.34. The van der Waals surface area contributed by atoms with Crippen LogP contribution in [0.5, 0.6) is 0 Å². The minimum absolute atomic E-state index is 0.0988. The smallest absolute Gasteiger partial charge is 0.133 e. The molecule has 0 radical (unpaired) electrons. The number of aromatic nitrogens is 5. The summed E-state index contributed by atoms with van der Waals surface area (Å²) >= 11 is 0. The zero-order valence-corrected chi connectivity index (χ0v) is 21.4. The maximum absolute atomic E-state index is 6.34. The molecule has 4 aromatic rings. The van der Waals surface area contributed by atoms with Gasteiger partial charge in [0.15, 0.2) is 0 Å². The Morgan fingerprint density at radius 2 is 1.81 bits per heavy atom. The molecule has 0 unspecified atom stereocenters. The van der Waals surface area contributed by atoms with E-state index in [9.17, 15) is 0 Å². The van der Waals surface area contributed by atoms with Gasteiger partial charge in [-0.25, -0.2) is 9.97 Å². The summed E-state index contributed by atoms with van der Waals surface area (Å²) < 4.78 is 1.94. The lowest BCUT2D eigenvalue weighted by molar-refractivity contribution is 0.265. The second-order valence-electron chi connectivity index (χ2n) is 10.3. The van der Waals surface area contributed by atoms with Gasteiger partial charge in [-0.3, -0.25) is 9.67 Å². The normalized spacial score (nSPS) is 14.8. The van der Waals surface area contributed by atoms with E-state index in [-0.39, 0.29) is 5.54 Å². The molecule has 7 heteroatoms. The fourth-order valence-corrected chi connectivity index (χ4v) is 5.01. The quantitative estimate of drug-likeness (QED) is 0.401. The van der Waals surface area contributed by atoms with E-state index in [2.05, 4.69) is 66.1 Å². The molecule has 1 aliphatic heterocycles. The van der Waals surface area contributed by atoms with E-state index in [1.807, 2.05) is 35.3 Å². The van der Waals surface area contributed by atoms with Gasteiger partial charge in [0, 0.05) is 73.2 Å². The largest absolute Gasteiger partial charge is 0.372 e. The van der Waals surface area contributed by atoms with Gasteiger partial charge < -0.3 is 10.6 Å². The fraction of sp³-hybridized carbons (Fsp3) is 0.379. The number of pyridine rings is 1. The van der Waals surface area contributed by atoms with Crippen LogP contribution in [0.4, 0.5) is 5.69 Å². The van der Waals surface area contributed by atoms with E-state index in [1.165, 1.54) is 11.3 Å². The molecule has 4 heterocycles. The Bertz CT molecular complexity index is 1280. The monoisotopic (exact) mass is 481 g/mol. The maximum Gasteiger partial charge on any atom is 0.133 e. The van der Waals surface area contributed by atoms with Crippen molar-refractivity contribution in [1.29, 1.82) is 0 Å². The molecule has 1 aliphatic rings. The molecule has 0 atom stereocenters. The molecule has 1 fully saturated rings. The van der Waals surface area contributed by atoms with Crippen LogP contribution in [0, 0.1) is 5.92 Å². The first-order valence-corrected chi connectivity index (χ1v) is 12.8. The van der Waals surface area contributed by atoms with Crippen LogP contribution in [-0.4, -0.2) is 43.4 Å². The van der Waals surface area contributed by atoms with E-state index < -0.39 is 0 Å². The van der Waals surface area contributed by atoms with Crippen molar-refractivity contribution in [2.45, 2.75) is 52.1 Å². The first-order chi connectivity index (χ1) is 17.4. The first-order valence-electron chi connectivity index (χ1n) is 12.8. The summed E-state index contributed by atoms with van der Waals surface area (Å²) in [5.41, 5.74) is 12.5. The molecule has 186 valence electrons. The third kappa shape index (κ3) is 5.31. The van der Waals surface area contributed by atoms with Crippen molar-refractivity contribution in [3.05, 3.63) is 78.6 Å². The van der Waals surface area contributed by atoms with Crippen LogP contribution in [-0.2, 0) is 13.0 Å². The lowest BCUT2D eigenvalue weighted by atomic mass is 9.81. The second kappa shape index (κ2) is 10.2. The predicted molar refractivity (Wildman–Crippen MR) is 145 cm³/mol. The molecule has 0 amide bonds. The molecule has 0 aliphatic carbocycles. The van der Waals surface area contributed by atoms with Gasteiger partial charge in [-0.05, 0) is 75.4 Å². The van der Waals surface area contributed by atoms with E-state index in [0.29, 0.717) is 12.3 Å². The van der Waals surface area contributed by atoms with E-state index >= 15 is 0 Å². The fourth-order valence-electron chi connectivity index (χ4n) is 5.01. The van der Waals surface area contributed by atoms with E-state index in [1.54, 1.807) is 6.20 Å². The molecule has 36 heavy (non-hydrogen) atoms. The van der Waals surface area contributed by atoms with Gasteiger partial charge in [-0.2, -0.15) is 5.10 Å². The third-order valence-electron chi connectivity index (χ3n) is 7.21. The number of nitrogens with zero attached hydrogens (tertiary/aromatic N) is 6. The molecule has 0 bridgehead atoms. The zero-order valence-electron chi connectivity index (χ0n) is 21.4. The number of anilines is 1. The number of benzene rings is 1. The highest BCUT2D eigenvalue weighted by atomic mass is 15.3. The van der Waals surface area contributed by atoms with Crippen LogP contribution in [0.1, 0.15) is 45.0 Å². The number of aryl methyl sites for hydroxylation is 1. The minimum Gasteiger partial charge on any atom is -0.372 e. The molecular weight excluding hydrogens is 446 g/mol. The van der Waals surface area contributed by atoms with Gasteiger partial charge in [0.2, 0.25) is 0 Å². The van der Waals surface area contributed by atoms with Gasteiger partial charge in [0.25, 0.3) is 0 Å². The average Bonchev–Trinajstić information content (AvgIpc) is 3.34. The predicted octanol–water partition coefficient (Wildman–Crippen LogP) is 4.97. The molecule has 5 rings (SSSR count). The highest BCUT2D eigenvalue weighted by Gasteiger charge is 2.29. The summed E-state index contributed by atoms with van der Waals surface area (Å²) in [4.78, 5) is 16.2. The number of rotatable bonds is 7. The molecule has 2 N–H and O–H groups in total. The van der Waals surface area contributed by atoms with Crippen LogP contribution in [0.2, 0.25) is 0 Å². The van der Waals surface area contributed by atoms with Crippen molar-refractivity contribution in [3.63, 3.8) is 0 Å². The van der Waals surface area contributed by atoms with Crippen LogP contribution >= 0.6 is 0 Å². The summed E-state index contributed by atoms with van der Waals surface area (Å²) in [6.07, 6.45) is 10.5. The van der Waals surface area contributed by atoms with Crippen LogP contribution in [0.15, 0.2) is 67.3 Å². The van der Waals surface area contributed by atoms with Gasteiger partial charge in [0.1, 0.15) is 11.5 Å². The zero-order chi connectivity index (χ0) is 25.1. The van der Waals surface area contributed by atoms with Gasteiger partial charge in [-0.1, -0.05) is 12.1 Å². The van der Waals surface area contributed by atoms with Crippen molar-refractivity contribution in [3.8, 4) is 22.5 Å². The van der Waals surface area contributed by atoms with Crippen molar-refractivity contribution < 1.29 is 0 Å². The Hall–Kier alpha value is -3.58. The highest BCUT2D eigenvalue weighted by molar-refractivity contribution is 5.78. The van der Waals surface area contributed by atoms with Crippen molar-refractivity contribution in [1.82, 2.24) is 24.7 Å². The van der Waals surface area contributed by atoms with Gasteiger partial charge in [-0.15, -0.1) is 0 Å². The Balaban J connectivity index is 1.31. The number of piperidine rings is 1. The summed E-state index contributed by atoms with van der Waals surface area (Å²) in [5, 5.41) is 4.77. The molecule has 3 aromatic heterocycles. The van der Waals surface area contributed by atoms with Crippen molar-refractivity contribution in [2.75, 3.05) is 18.0 Å². The lowest BCUT2D eigenvalue weighted by Gasteiger charge is -2.39. The van der Waals surface area contributed by atoms with Crippen molar-refractivity contribution >= 4 is 5.69 Å². The number of hydrogen-bond acceptors (Lipinski definition) is 6. The topological polar surface area (TPSA) is 85.8 Å². The summed E-state index contributed by atoms with van der Waals surface area (Å²) in [6, 6.07) is 14.7. The molecule has 1 aromatic carbocycles. The summed E-state index contributed by atoms with van der Waals surface area (Å²) in [6.45, 7) is 9.28. The summed E-state index contributed by atoms with van der Waals surface area (Å²) in [5.74, 6) is 1.38. The Kier molecular flexibility index (Phi) is 6.83. The number of nitrogens with two attached hydrogens (primary N) is 1. The standard InChI is InChI=1S/C29H35N7/c1-4-36-20-25(28(34-36)22-6-5-14-31-19-22)26-11-15-32-27(33-26)18-21-7-9-24(10-8-21)35-16-12-23(13-17-35)29(2,3)30/h5-11,14-15,19-20,23H,4,12-13,16-18,30H2,1-3H3. The molecule has 1 saturated heterocycles. The lowest BCUT2D eigenvalue weighted by Crippen LogP contribution is -2.47. The van der Waals surface area contributed by atoms with Gasteiger partial charge in [0.05, 0.1) is 5.69 Å². The SMILES string of the molecule is CCn1cc(-c2ccnc(Cc3ccc(N4CCC(C(C)(C)N)CC4)cc3)n2)c(-c2cccnc2)n1. The Morgan fingerprint density at radius 3 is 2.47 bits per heavy atom. The second-order valence-corrected chi connectivity index (χ2v) is 10.3. The molecule has 0 saturated carbocycles. The van der Waals surface area contributed by atoms with E-state index in [4.69, 9.17) is 15.8 Å². The van der Waals surface area contributed by atoms with Crippen LogP contribution < -0.4 is 10.6 Å². The van der Waals surface area contributed by atoms with Crippen molar-refractivity contribution in [2.24, 2.45) is 11.7 Å². The molecular formula is C29H35N7. The van der Waals surface area contributed by atoms with Crippen LogP contribution in [0.3, 0.4) is 0 Å². The number of hydrogen-bond donors (Lipinski definition) is 1. The first kappa shape index (κ1) is 24.1. The highest BCUT2D eigenvalue weighted by Crippen LogP contribution is 2.31. The Morgan fingerprint density at radius 1 is 1.03 bits per heavy atom. The minimum atomic E-state index is -0.0988. The van der Waals surface area contributed by atoms with Gasteiger partial charge >= 0.3 is 0 Å². The third-order valence-corrected chi connectivity index (χ3v) is 7.21. The average molecular weight is 482 g/mol. The summed E-state index contributed by atoms with van der Waals surface area (Å²) in [7, 11) is 0. The van der Waals surface area contributed by atoms with E-state index in [0.717, 1.165) is 60.8 Å².